The van der Waals surface area contributed by atoms with Gasteiger partial charge in [0.25, 0.3) is 0 Å². The molecule has 0 unspecified atom stereocenters. The fraction of sp³-hybridized carbons (Fsp3) is 0.188. The predicted octanol–water partition coefficient (Wildman–Crippen LogP) is 3.55. The average Bonchev–Trinajstić information content (AvgIpc) is 2.78. The van der Waals surface area contributed by atoms with E-state index in [4.69, 9.17) is 0 Å². The van der Waals surface area contributed by atoms with Crippen LogP contribution in [0.3, 0.4) is 0 Å². The van der Waals surface area contributed by atoms with Gasteiger partial charge in [-0.1, -0.05) is 48.6 Å². The van der Waals surface area contributed by atoms with Gasteiger partial charge in [0.15, 0.2) is 5.78 Å². The van der Waals surface area contributed by atoms with Crippen molar-refractivity contribution in [1.82, 2.24) is 0 Å². The van der Waals surface area contributed by atoms with Gasteiger partial charge in [-0.3, -0.25) is 4.79 Å². The Labute approximate surface area is 101 Å². The second-order valence-corrected chi connectivity index (χ2v) is 4.63. The third kappa shape index (κ3) is 1.68. The fourth-order valence-electron chi connectivity index (χ4n) is 2.70. The Hall–Kier alpha value is -1.89. The first kappa shape index (κ1) is 10.3. The van der Waals surface area contributed by atoms with E-state index in [0.29, 0.717) is 0 Å². The first-order valence-electron chi connectivity index (χ1n) is 5.99. The molecule has 0 bridgehead atoms. The topological polar surface area (TPSA) is 17.1 Å². The summed E-state index contributed by atoms with van der Waals surface area (Å²) in [4.78, 5) is 11.3. The normalized spacial score (nSPS) is 20.9. The van der Waals surface area contributed by atoms with Crippen molar-refractivity contribution in [2.45, 2.75) is 12.8 Å². The Morgan fingerprint density at radius 2 is 1.71 bits per heavy atom. The summed E-state index contributed by atoms with van der Waals surface area (Å²) in [5.74, 6) is 0.0925. The Morgan fingerprint density at radius 3 is 2.41 bits per heavy atom. The summed E-state index contributed by atoms with van der Waals surface area (Å²) in [6, 6.07) is 10.4. The van der Waals surface area contributed by atoms with E-state index in [1.807, 2.05) is 6.07 Å². The molecule has 1 spiro atoms. The second-order valence-electron chi connectivity index (χ2n) is 4.63. The third-order valence-corrected chi connectivity index (χ3v) is 3.58. The van der Waals surface area contributed by atoms with Crippen LogP contribution in [-0.2, 0) is 4.79 Å². The maximum Gasteiger partial charge on any atom is 0.178 e. The maximum absolute atomic E-state index is 11.3. The molecular formula is C16H14O. The van der Waals surface area contributed by atoms with E-state index in [1.165, 1.54) is 11.1 Å². The van der Waals surface area contributed by atoms with Crippen LogP contribution in [0.15, 0.2) is 60.7 Å². The van der Waals surface area contributed by atoms with Gasteiger partial charge in [-0.2, -0.15) is 0 Å². The molecule has 0 fully saturated rings. The molecule has 0 heterocycles. The monoisotopic (exact) mass is 222 g/mol. The van der Waals surface area contributed by atoms with Crippen molar-refractivity contribution >= 4 is 11.4 Å². The van der Waals surface area contributed by atoms with Crippen LogP contribution in [0.4, 0.5) is 0 Å². The van der Waals surface area contributed by atoms with E-state index in [-0.39, 0.29) is 11.2 Å². The van der Waals surface area contributed by atoms with Gasteiger partial charge in [0.2, 0.25) is 0 Å². The van der Waals surface area contributed by atoms with Gasteiger partial charge in [0, 0.05) is 5.41 Å². The van der Waals surface area contributed by atoms with E-state index < -0.39 is 0 Å². The molecule has 0 radical (unpaired) electrons. The molecule has 1 aromatic carbocycles. The van der Waals surface area contributed by atoms with Crippen molar-refractivity contribution in [3.63, 3.8) is 0 Å². The van der Waals surface area contributed by atoms with Crippen molar-refractivity contribution in [1.29, 1.82) is 0 Å². The standard InChI is InChI=1S/C16H14O/c17-14-8-11-16(12-9-14)10-4-7-15(16)13-5-2-1-3-6-13/h1-3,5-9,11-12H,4,10H2. The SMILES string of the molecule is O=C1C=CC2(C=C1)CCC=C2c1ccccc1. The summed E-state index contributed by atoms with van der Waals surface area (Å²) in [6.07, 6.45) is 11.9. The van der Waals surface area contributed by atoms with Crippen LogP contribution >= 0.6 is 0 Å². The number of ketones is 1. The zero-order valence-corrected chi connectivity index (χ0v) is 9.60. The quantitative estimate of drug-likeness (QED) is 0.710. The Kier molecular flexibility index (Phi) is 2.32. The van der Waals surface area contributed by atoms with E-state index in [9.17, 15) is 4.79 Å². The van der Waals surface area contributed by atoms with Gasteiger partial charge in [-0.05, 0) is 36.1 Å². The maximum atomic E-state index is 11.3. The molecule has 0 saturated carbocycles. The van der Waals surface area contributed by atoms with E-state index in [2.05, 4.69) is 42.5 Å². The minimum Gasteiger partial charge on any atom is -0.290 e. The Morgan fingerprint density at radius 1 is 1.00 bits per heavy atom. The van der Waals surface area contributed by atoms with E-state index in [0.717, 1.165) is 12.8 Å². The number of benzene rings is 1. The number of hydrogen-bond acceptors (Lipinski definition) is 1. The molecule has 0 N–H and O–H groups in total. The lowest BCUT2D eigenvalue weighted by Crippen LogP contribution is -2.17. The lowest BCUT2D eigenvalue weighted by Gasteiger charge is -2.27. The number of hydrogen-bond donors (Lipinski definition) is 0. The molecule has 2 aliphatic carbocycles. The fourth-order valence-corrected chi connectivity index (χ4v) is 2.70. The van der Waals surface area contributed by atoms with Gasteiger partial charge >= 0.3 is 0 Å². The second kappa shape index (κ2) is 3.85. The van der Waals surface area contributed by atoms with Crippen LogP contribution in [0.5, 0.6) is 0 Å². The van der Waals surface area contributed by atoms with Crippen LogP contribution in [0.25, 0.3) is 5.57 Å². The highest BCUT2D eigenvalue weighted by Gasteiger charge is 2.34. The van der Waals surface area contributed by atoms with Crippen LogP contribution < -0.4 is 0 Å². The predicted molar refractivity (Wildman–Crippen MR) is 69.4 cm³/mol. The lowest BCUT2D eigenvalue weighted by molar-refractivity contribution is -0.110. The molecule has 0 aromatic heterocycles. The molecular weight excluding hydrogens is 208 g/mol. The Balaban J connectivity index is 2.04. The molecule has 84 valence electrons. The summed E-state index contributed by atoms with van der Waals surface area (Å²) in [6.45, 7) is 0. The largest absolute Gasteiger partial charge is 0.290 e. The number of carbonyl (C=O) groups excluding carboxylic acids is 1. The van der Waals surface area contributed by atoms with Crippen molar-refractivity contribution in [3.05, 3.63) is 66.3 Å². The van der Waals surface area contributed by atoms with Gasteiger partial charge < -0.3 is 0 Å². The average molecular weight is 222 g/mol. The molecule has 2 aliphatic rings. The summed E-state index contributed by atoms with van der Waals surface area (Å²) >= 11 is 0. The van der Waals surface area contributed by atoms with Crippen molar-refractivity contribution in [2.24, 2.45) is 5.41 Å². The minimum atomic E-state index is -0.0464. The van der Waals surface area contributed by atoms with Crippen molar-refractivity contribution < 1.29 is 4.79 Å². The van der Waals surface area contributed by atoms with Gasteiger partial charge in [-0.15, -0.1) is 0 Å². The summed E-state index contributed by atoms with van der Waals surface area (Å²) in [5, 5.41) is 0. The van der Waals surface area contributed by atoms with Gasteiger partial charge in [0.1, 0.15) is 0 Å². The third-order valence-electron chi connectivity index (χ3n) is 3.58. The molecule has 17 heavy (non-hydrogen) atoms. The number of rotatable bonds is 1. The number of allylic oxidation sites excluding steroid dienone is 6. The van der Waals surface area contributed by atoms with E-state index >= 15 is 0 Å². The zero-order valence-electron chi connectivity index (χ0n) is 9.60. The highest BCUT2D eigenvalue weighted by molar-refractivity contribution is 6.01. The molecule has 0 amide bonds. The highest BCUT2D eigenvalue weighted by Crippen LogP contribution is 2.48. The molecule has 3 rings (SSSR count). The molecule has 0 atom stereocenters. The summed E-state index contributed by atoms with van der Waals surface area (Å²) in [5.41, 5.74) is 2.54. The molecule has 1 nitrogen and oxygen atoms in total. The molecule has 0 saturated heterocycles. The zero-order chi connectivity index (χ0) is 11.7. The first-order valence-corrected chi connectivity index (χ1v) is 5.99. The van der Waals surface area contributed by atoms with Crippen LogP contribution in [0, 0.1) is 5.41 Å². The highest BCUT2D eigenvalue weighted by atomic mass is 16.1. The van der Waals surface area contributed by atoms with E-state index in [1.54, 1.807) is 12.2 Å². The van der Waals surface area contributed by atoms with Gasteiger partial charge in [-0.25, -0.2) is 0 Å². The van der Waals surface area contributed by atoms with Crippen molar-refractivity contribution in [3.8, 4) is 0 Å². The van der Waals surface area contributed by atoms with Crippen LogP contribution in [-0.4, -0.2) is 5.78 Å². The van der Waals surface area contributed by atoms with Crippen LogP contribution in [0.2, 0.25) is 0 Å². The smallest absolute Gasteiger partial charge is 0.178 e. The first-order chi connectivity index (χ1) is 8.30. The van der Waals surface area contributed by atoms with Crippen molar-refractivity contribution in [2.75, 3.05) is 0 Å². The molecule has 1 aromatic rings. The van der Waals surface area contributed by atoms with Gasteiger partial charge in [0.05, 0.1) is 0 Å². The minimum absolute atomic E-state index is 0.0464. The van der Waals surface area contributed by atoms with Crippen LogP contribution in [0.1, 0.15) is 18.4 Å². The molecule has 0 aliphatic heterocycles. The molecule has 1 heteroatoms. The lowest BCUT2D eigenvalue weighted by atomic mass is 9.75. The number of carbonyl (C=O) groups is 1. The summed E-state index contributed by atoms with van der Waals surface area (Å²) < 4.78 is 0. The Bertz CT molecular complexity index is 516. The summed E-state index contributed by atoms with van der Waals surface area (Å²) in [7, 11) is 0.